The molecule has 0 amide bonds. The van der Waals surface area contributed by atoms with Gasteiger partial charge in [-0.3, -0.25) is 4.79 Å². The first-order valence-electron chi connectivity index (χ1n) is 3.88. The highest BCUT2D eigenvalue weighted by atomic mass is 35.5. The molecule has 66 valence electrons. The van der Waals surface area contributed by atoms with E-state index in [1.54, 1.807) is 0 Å². The summed E-state index contributed by atoms with van der Waals surface area (Å²) in [7, 11) is 0. The van der Waals surface area contributed by atoms with Gasteiger partial charge in [0, 0.05) is 0 Å². The zero-order valence-electron chi connectivity index (χ0n) is 6.80. The molecule has 0 radical (unpaired) electrons. The summed E-state index contributed by atoms with van der Waals surface area (Å²) in [5.74, 6) is -0.618. The molecule has 0 spiro atoms. The highest BCUT2D eigenvalue weighted by molar-refractivity contribution is 5.85. The first-order valence-corrected chi connectivity index (χ1v) is 3.88. The summed E-state index contributed by atoms with van der Waals surface area (Å²) < 4.78 is 0. The van der Waals surface area contributed by atoms with E-state index in [9.17, 15) is 4.79 Å². The van der Waals surface area contributed by atoms with Crippen molar-refractivity contribution < 1.29 is 9.90 Å². The number of carboxylic acids is 1. The van der Waals surface area contributed by atoms with Crippen LogP contribution in [0.2, 0.25) is 0 Å². The van der Waals surface area contributed by atoms with Gasteiger partial charge in [-0.25, -0.2) is 0 Å². The van der Waals surface area contributed by atoms with Gasteiger partial charge in [0.15, 0.2) is 0 Å². The standard InChI is InChI=1S/C8H14O2.ClH/c1-8(7(9)10)5-3-2-4-6-8;/h2-6H2,1H3,(H,9,10);1H. The van der Waals surface area contributed by atoms with E-state index < -0.39 is 11.4 Å². The summed E-state index contributed by atoms with van der Waals surface area (Å²) in [5.41, 5.74) is -0.405. The van der Waals surface area contributed by atoms with Gasteiger partial charge in [-0.2, -0.15) is 0 Å². The molecule has 1 saturated carbocycles. The van der Waals surface area contributed by atoms with Crippen LogP contribution in [0.3, 0.4) is 0 Å². The van der Waals surface area contributed by atoms with E-state index in [4.69, 9.17) is 5.11 Å². The van der Waals surface area contributed by atoms with Crippen LogP contribution in [0.25, 0.3) is 0 Å². The highest BCUT2D eigenvalue weighted by Crippen LogP contribution is 2.35. The van der Waals surface area contributed by atoms with Crippen LogP contribution in [0.1, 0.15) is 39.0 Å². The lowest BCUT2D eigenvalue weighted by Crippen LogP contribution is -2.29. The monoisotopic (exact) mass is 178 g/mol. The van der Waals surface area contributed by atoms with Crippen molar-refractivity contribution in [3.8, 4) is 0 Å². The van der Waals surface area contributed by atoms with Crippen LogP contribution >= 0.6 is 12.4 Å². The smallest absolute Gasteiger partial charge is 0.309 e. The Morgan fingerprint density at radius 1 is 1.27 bits per heavy atom. The third-order valence-corrected chi connectivity index (χ3v) is 2.47. The molecule has 0 bridgehead atoms. The average Bonchev–Trinajstić information content (AvgIpc) is 1.89. The lowest BCUT2D eigenvalue weighted by atomic mass is 9.76. The fourth-order valence-electron chi connectivity index (χ4n) is 1.55. The van der Waals surface area contributed by atoms with Gasteiger partial charge < -0.3 is 5.11 Å². The van der Waals surface area contributed by atoms with Gasteiger partial charge in [0.2, 0.25) is 0 Å². The Morgan fingerprint density at radius 2 is 1.73 bits per heavy atom. The Bertz CT molecular complexity index is 139. The molecule has 0 atom stereocenters. The predicted octanol–water partition coefficient (Wildman–Crippen LogP) is 2.46. The van der Waals surface area contributed by atoms with Crippen molar-refractivity contribution in [2.75, 3.05) is 0 Å². The normalized spacial score (nSPS) is 21.9. The maximum absolute atomic E-state index is 10.7. The molecule has 0 aromatic rings. The molecule has 0 heterocycles. The molecule has 0 aromatic heterocycles. The van der Waals surface area contributed by atoms with E-state index in [-0.39, 0.29) is 12.4 Å². The number of hydrogen-bond donors (Lipinski definition) is 1. The molecule has 0 aromatic carbocycles. The lowest BCUT2D eigenvalue weighted by Gasteiger charge is -2.28. The molecule has 2 nitrogen and oxygen atoms in total. The largest absolute Gasteiger partial charge is 0.481 e. The number of aliphatic carboxylic acids is 1. The number of carbonyl (C=O) groups is 1. The van der Waals surface area contributed by atoms with Crippen molar-refractivity contribution in [3.05, 3.63) is 0 Å². The van der Waals surface area contributed by atoms with E-state index in [0.717, 1.165) is 25.7 Å². The number of rotatable bonds is 1. The number of carboxylic acid groups (broad SMARTS) is 1. The zero-order valence-corrected chi connectivity index (χ0v) is 7.62. The summed E-state index contributed by atoms with van der Waals surface area (Å²) >= 11 is 0. The van der Waals surface area contributed by atoms with E-state index in [1.807, 2.05) is 6.92 Å². The average molecular weight is 179 g/mol. The molecule has 1 fully saturated rings. The molecule has 1 rings (SSSR count). The molecule has 0 saturated heterocycles. The molecule has 11 heavy (non-hydrogen) atoms. The first kappa shape index (κ1) is 10.8. The second kappa shape index (κ2) is 3.96. The second-order valence-electron chi connectivity index (χ2n) is 3.43. The molecule has 1 aliphatic carbocycles. The van der Waals surface area contributed by atoms with Crippen LogP contribution in [0.15, 0.2) is 0 Å². The van der Waals surface area contributed by atoms with Crippen molar-refractivity contribution in [1.29, 1.82) is 0 Å². The third kappa shape index (κ3) is 2.37. The van der Waals surface area contributed by atoms with Crippen molar-refractivity contribution in [2.45, 2.75) is 39.0 Å². The van der Waals surface area contributed by atoms with Gasteiger partial charge in [-0.1, -0.05) is 19.3 Å². The minimum atomic E-state index is -0.618. The number of hydrogen-bond acceptors (Lipinski definition) is 1. The molecule has 0 aliphatic heterocycles. The van der Waals surface area contributed by atoms with E-state index >= 15 is 0 Å². The summed E-state index contributed by atoms with van der Waals surface area (Å²) in [4.78, 5) is 10.7. The van der Waals surface area contributed by atoms with Crippen molar-refractivity contribution >= 4 is 18.4 Å². The van der Waals surface area contributed by atoms with Crippen LogP contribution in [-0.2, 0) is 4.79 Å². The van der Waals surface area contributed by atoms with Gasteiger partial charge in [-0.15, -0.1) is 12.4 Å². The van der Waals surface area contributed by atoms with Crippen LogP contribution in [0.4, 0.5) is 0 Å². The predicted molar refractivity (Wildman–Crippen MR) is 46.1 cm³/mol. The second-order valence-corrected chi connectivity index (χ2v) is 3.43. The lowest BCUT2D eigenvalue weighted by molar-refractivity contribution is -0.149. The Balaban J connectivity index is 0.000001000. The van der Waals surface area contributed by atoms with Gasteiger partial charge in [0.1, 0.15) is 0 Å². The summed E-state index contributed by atoms with van der Waals surface area (Å²) in [6.07, 6.45) is 5.11. The van der Waals surface area contributed by atoms with Gasteiger partial charge in [-0.05, 0) is 19.8 Å². The van der Waals surface area contributed by atoms with Gasteiger partial charge >= 0.3 is 5.97 Å². The fraction of sp³-hybridized carbons (Fsp3) is 0.875. The van der Waals surface area contributed by atoms with Crippen molar-refractivity contribution in [2.24, 2.45) is 5.41 Å². The Morgan fingerprint density at radius 3 is 2.00 bits per heavy atom. The minimum absolute atomic E-state index is 0. The third-order valence-electron chi connectivity index (χ3n) is 2.47. The molecule has 0 unspecified atom stereocenters. The number of halogens is 1. The fourth-order valence-corrected chi connectivity index (χ4v) is 1.55. The summed E-state index contributed by atoms with van der Waals surface area (Å²) in [5, 5.41) is 8.80. The van der Waals surface area contributed by atoms with Crippen LogP contribution < -0.4 is 0 Å². The summed E-state index contributed by atoms with van der Waals surface area (Å²) in [6.45, 7) is 1.86. The molecular weight excluding hydrogens is 164 g/mol. The molecular formula is C8H15ClO2. The summed E-state index contributed by atoms with van der Waals surface area (Å²) in [6, 6.07) is 0. The maximum atomic E-state index is 10.7. The van der Waals surface area contributed by atoms with Crippen molar-refractivity contribution in [3.63, 3.8) is 0 Å². The quantitative estimate of drug-likeness (QED) is 0.670. The van der Waals surface area contributed by atoms with E-state index in [1.165, 1.54) is 6.42 Å². The first-order chi connectivity index (χ1) is 4.65. The van der Waals surface area contributed by atoms with Gasteiger partial charge in [0.25, 0.3) is 0 Å². The highest BCUT2D eigenvalue weighted by Gasteiger charge is 2.33. The van der Waals surface area contributed by atoms with Crippen LogP contribution in [0, 0.1) is 5.41 Å². The zero-order chi connectivity index (χ0) is 7.61. The maximum Gasteiger partial charge on any atom is 0.309 e. The molecule has 3 heteroatoms. The Kier molecular flexibility index (Phi) is 3.87. The van der Waals surface area contributed by atoms with Crippen molar-refractivity contribution in [1.82, 2.24) is 0 Å². The van der Waals surface area contributed by atoms with E-state index in [2.05, 4.69) is 0 Å². The minimum Gasteiger partial charge on any atom is -0.481 e. The Hall–Kier alpha value is -0.240. The van der Waals surface area contributed by atoms with Crippen LogP contribution in [0.5, 0.6) is 0 Å². The SMILES string of the molecule is CC1(C(=O)O)CCCCC1.Cl. The molecule has 1 N–H and O–H groups in total. The topological polar surface area (TPSA) is 37.3 Å². The Labute approximate surface area is 73.4 Å². The van der Waals surface area contributed by atoms with E-state index in [0.29, 0.717) is 0 Å². The van der Waals surface area contributed by atoms with Crippen LogP contribution in [-0.4, -0.2) is 11.1 Å². The van der Waals surface area contributed by atoms with Gasteiger partial charge in [0.05, 0.1) is 5.41 Å². The molecule has 1 aliphatic rings.